The topological polar surface area (TPSA) is 121 Å². The molecule has 3 N–H and O–H groups in total. The highest BCUT2D eigenvalue weighted by atomic mass is 32.2. The van der Waals surface area contributed by atoms with Gasteiger partial charge in [0.05, 0.1) is 19.1 Å². The SMILES string of the molecule is COc1ccc(/C=C2\SC(=S)N(CCC(=O)NC(Cc3c[nH]c4ccccc34)C(=O)O)C2=O)cc1OC. The van der Waals surface area contributed by atoms with Crippen molar-refractivity contribution in [1.82, 2.24) is 15.2 Å². The molecular weight excluding hydrogens is 514 g/mol. The molecule has 1 unspecified atom stereocenters. The first-order valence-corrected chi connectivity index (χ1v) is 12.6. The lowest BCUT2D eigenvalue weighted by Gasteiger charge is -2.17. The molecule has 11 heteroatoms. The average Bonchev–Trinajstić information content (AvgIpc) is 3.41. The molecule has 9 nitrogen and oxygen atoms in total. The van der Waals surface area contributed by atoms with E-state index >= 15 is 0 Å². The number of H-pyrrole nitrogens is 1. The normalized spacial score (nSPS) is 15.3. The fourth-order valence-electron chi connectivity index (χ4n) is 3.99. The third kappa shape index (κ3) is 5.95. The maximum atomic E-state index is 12.9. The molecule has 1 aliphatic heterocycles. The number of thioether (sulfide) groups is 1. The van der Waals surface area contributed by atoms with Crippen LogP contribution < -0.4 is 14.8 Å². The Balaban J connectivity index is 1.38. The average molecular weight is 540 g/mol. The lowest BCUT2D eigenvalue weighted by atomic mass is 10.0. The maximum Gasteiger partial charge on any atom is 0.326 e. The van der Waals surface area contributed by atoms with Gasteiger partial charge in [-0.1, -0.05) is 48.2 Å². The Kier molecular flexibility index (Phi) is 8.14. The Hall–Kier alpha value is -3.83. The molecule has 0 radical (unpaired) electrons. The minimum absolute atomic E-state index is 0.0409. The number of amides is 2. The van der Waals surface area contributed by atoms with Gasteiger partial charge in [-0.05, 0) is 35.4 Å². The second-order valence-electron chi connectivity index (χ2n) is 8.22. The highest BCUT2D eigenvalue weighted by molar-refractivity contribution is 8.26. The van der Waals surface area contributed by atoms with Gasteiger partial charge in [0, 0.05) is 36.5 Å². The summed E-state index contributed by atoms with van der Waals surface area (Å²) in [6.45, 7) is 0.0409. The van der Waals surface area contributed by atoms with Crippen LogP contribution in [0.15, 0.2) is 53.6 Å². The molecule has 1 saturated heterocycles. The van der Waals surface area contributed by atoms with Crippen LogP contribution in [-0.2, 0) is 20.8 Å². The quantitative estimate of drug-likeness (QED) is 0.264. The van der Waals surface area contributed by atoms with E-state index in [0.29, 0.717) is 20.7 Å². The number of hydrogen-bond donors (Lipinski definition) is 3. The number of carbonyl (C=O) groups excluding carboxylic acids is 2. The van der Waals surface area contributed by atoms with Crippen molar-refractivity contribution < 1.29 is 29.0 Å². The Morgan fingerprint density at radius 1 is 1.19 bits per heavy atom. The number of carbonyl (C=O) groups is 3. The fourth-order valence-corrected chi connectivity index (χ4v) is 5.30. The van der Waals surface area contributed by atoms with Crippen molar-refractivity contribution in [3.63, 3.8) is 0 Å². The number of carboxylic acid groups (broad SMARTS) is 1. The Bertz CT molecular complexity index is 1400. The molecule has 4 rings (SSSR count). The number of fused-ring (bicyclic) bond motifs is 1. The van der Waals surface area contributed by atoms with E-state index in [1.165, 1.54) is 12.0 Å². The smallest absolute Gasteiger partial charge is 0.326 e. The van der Waals surface area contributed by atoms with Gasteiger partial charge < -0.3 is 24.9 Å². The molecule has 2 amide bonds. The lowest BCUT2D eigenvalue weighted by molar-refractivity contribution is -0.141. The maximum absolute atomic E-state index is 12.9. The number of aliphatic carboxylic acids is 1. The van der Waals surface area contributed by atoms with Gasteiger partial charge in [-0.15, -0.1) is 0 Å². The zero-order chi connectivity index (χ0) is 26.5. The number of benzene rings is 2. The molecule has 1 fully saturated rings. The minimum Gasteiger partial charge on any atom is -0.493 e. The van der Waals surface area contributed by atoms with Crippen LogP contribution in [0.1, 0.15) is 17.5 Å². The molecule has 1 aromatic heterocycles. The number of carboxylic acids is 1. The summed E-state index contributed by atoms with van der Waals surface area (Å²) in [5.74, 6) is -0.829. The molecule has 0 spiro atoms. The molecule has 1 aliphatic rings. The van der Waals surface area contributed by atoms with Crippen molar-refractivity contribution in [2.24, 2.45) is 0 Å². The van der Waals surface area contributed by atoms with Crippen LogP contribution in [0.25, 0.3) is 17.0 Å². The Labute approximate surface area is 222 Å². The predicted molar refractivity (Wildman–Crippen MR) is 146 cm³/mol. The standard InChI is InChI=1S/C26H25N3O6S2/c1-34-20-8-7-15(11-21(20)35-2)12-22-24(31)29(26(36)37-22)10-9-23(30)28-19(25(32)33)13-16-14-27-18-6-4-3-5-17(16)18/h3-8,11-12,14,19,27H,9-10,13H2,1-2H3,(H,28,30)(H,32,33)/b22-12-. The van der Waals surface area contributed by atoms with Crippen molar-refractivity contribution in [3.8, 4) is 11.5 Å². The molecule has 192 valence electrons. The van der Waals surface area contributed by atoms with E-state index in [-0.39, 0.29) is 25.3 Å². The number of hydrogen-bond acceptors (Lipinski definition) is 7. The van der Waals surface area contributed by atoms with Crippen molar-refractivity contribution in [2.45, 2.75) is 18.9 Å². The number of para-hydroxylation sites is 1. The second kappa shape index (κ2) is 11.5. The molecule has 2 aromatic carbocycles. The van der Waals surface area contributed by atoms with Gasteiger partial charge in [-0.25, -0.2) is 4.79 Å². The summed E-state index contributed by atoms with van der Waals surface area (Å²) >= 11 is 6.50. The van der Waals surface area contributed by atoms with Crippen LogP contribution >= 0.6 is 24.0 Å². The van der Waals surface area contributed by atoms with Gasteiger partial charge in [-0.2, -0.15) is 0 Å². The second-order valence-corrected chi connectivity index (χ2v) is 9.90. The summed E-state index contributed by atoms with van der Waals surface area (Å²) in [5.41, 5.74) is 2.42. The first kappa shape index (κ1) is 26.2. The number of nitrogens with one attached hydrogen (secondary N) is 2. The van der Waals surface area contributed by atoms with Crippen molar-refractivity contribution in [2.75, 3.05) is 20.8 Å². The summed E-state index contributed by atoms with van der Waals surface area (Å²) in [5, 5.41) is 13.1. The zero-order valence-electron chi connectivity index (χ0n) is 20.1. The van der Waals surface area contributed by atoms with Gasteiger partial charge in [0.15, 0.2) is 11.5 Å². The third-order valence-corrected chi connectivity index (χ3v) is 7.25. The van der Waals surface area contributed by atoms with Gasteiger partial charge in [-0.3, -0.25) is 14.5 Å². The molecule has 0 bridgehead atoms. The number of methoxy groups -OCH3 is 2. The lowest BCUT2D eigenvalue weighted by Crippen LogP contribution is -2.43. The molecule has 2 heterocycles. The largest absolute Gasteiger partial charge is 0.493 e. The molecule has 1 atom stereocenters. The zero-order valence-corrected chi connectivity index (χ0v) is 21.8. The minimum atomic E-state index is -1.14. The number of rotatable bonds is 10. The van der Waals surface area contributed by atoms with Gasteiger partial charge in [0.25, 0.3) is 5.91 Å². The van der Waals surface area contributed by atoms with E-state index in [1.807, 2.05) is 24.3 Å². The summed E-state index contributed by atoms with van der Waals surface area (Å²) in [6, 6.07) is 11.7. The van der Waals surface area contributed by atoms with E-state index in [9.17, 15) is 19.5 Å². The van der Waals surface area contributed by atoms with Crippen LogP contribution in [0, 0.1) is 0 Å². The molecule has 0 aliphatic carbocycles. The summed E-state index contributed by atoms with van der Waals surface area (Å²) < 4.78 is 10.9. The summed E-state index contributed by atoms with van der Waals surface area (Å²) in [7, 11) is 3.07. The highest BCUT2D eigenvalue weighted by Crippen LogP contribution is 2.34. The van der Waals surface area contributed by atoms with E-state index in [4.69, 9.17) is 21.7 Å². The highest BCUT2D eigenvalue weighted by Gasteiger charge is 2.32. The van der Waals surface area contributed by atoms with Gasteiger partial charge in [0.1, 0.15) is 10.4 Å². The number of nitrogens with zero attached hydrogens (tertiary/aromatic N) is 1. The van der Waals surface area contributed by atoms with Gasteiger partial charge in [0.2, 0.25) is 5.91 Å². The van der Waals surface area contributed by atoms with E-state index in [2.05, 4.69) is 10.3 Å². The van der Waals surface area contributed by atoms with Crippen LogP contribution in [0.2, 0.25) is 0 Å². The van der Waals surface area contributed by atoms with E-state index < -0.39 is 17.9 Å². The Morgan fingerprint density at radius 2 is 1.95 bits per heavy atom. The van der Waals surface area contributed by atoms with E-state index in [1.54, 1.807) is 37.6 Å². The molecular formula is C26H25N3O6S2. The van der Waals surface area contributed by atoms with Crippen molar-refractivity contribution >= 4 is 63.1 Å². The molecule has 0 saturated carbocycles. The third-order valence-electron chi connectivity index (χ3n) is 5.87. The number of aromatic amines is 1. The summed E-state index contributed by atoms with van der Waals surface area (Å²) in [4.78, 5) is 42.3. The fraction of sp³-hybridized carbons (Fsp3) is 0.231. The van der Waals surface area contributed by atoms with Crippen LogP contribution in [0.3, 0.4) is 0 Å². The number of ether oxygens (including phenoxy) is 2. The number of thiocarbonyl (C=S) groups is 1. The predicted octanol–water partition coefficient (Wildman–Crippen LogP) is 3.59. The van der Waals surface area contributed by atoms with Crippen molar-refractivity contribution in [3.05, 3.63) is 64.7 Å². The first-order chi connectivity index (χ1) is 17.8. The molecule has 3 aromatic rings. The Morgan fingerprint density at radius 3 is 2.68 bits per heavy atom. The van der Waals surface area contributed by atoms with Gasteiger partial charge >= 0.3 is 5.97 Å². The monoisotopic (exact) mass is 539 g/mol. The van der Waals surface area contributed by atoms with Crippen molar-refractivity contribution in [1.29, 1.82) is 0 Å². The first-order valence-electron chi connectivity index (χ1n) is 11.3. The van der Waals surface area contributed by atoms with Crippen LogP contribution in [0.5, 0.6) is 11.5 Å². The number of aromatic nitrogens is 1. The molecule has 37 heavy (non-hydrogen) atoms. The van der Waals surface area contributed by atoms with Crippen LogP contribution in [-0.4, -0.2) is 63.9 Å². The van der Waals surface area contributed by atoms with E-state index in [0.717, 1.165) is 33.8 Å². The van der Waals surface area contributed by atoms with Crippen LogP contribution in [0.4, 0.5) is 0 Å². The summed E-state index contributed by atoms with van der Waals surface area (Å²) in [6.07, 6.45) is 3.48.